The van der Waals surface area contributed by atoms with Crippen LogP contribution in [0.4, 0.5) is 0 Å². The van der Waals surface area contributed by atoms with Crippen molar-refractivity contribution in [1.82, 2.24) is 0 Å². The number of esters is 1. The number of carbonyl (C=O) groups excluding carboxylic acids is 1. The summed E-state index contributed by atoms with van der Waals surface area (Å²) >= 11 is 0. The zero-order valence-electron chi connectivity index (χ0n) is 19.8. The molecule has 0 radical (unpaired) electrons. The smallest absolute Gasteiger partial charge is 0.330 e. The van der Waals surface area contributed by atoms with E-state index in [-0.39, 0.29) is 11.4 Å². The van der Waals surface area contributed by atoms with Gasteiger partial charge in [-0.15, -0.1) is 0 Å². The largest absolute Gasteiger partial charge is 0.496 e. The lowest BCUT2D eigenvalue weighted by Gasteiger charge is -2.31. The van der Waals surface area contributed by atoms with Crippen LogP contribution in [0.2, 0.25) is 0 Å². The second-order valence-electron chi connectivity index (χ2n) is 8.95. The van der Waals surface area contributed by atoms with Crippen molar-refractivity contribution in [3.8, 4) is 5.75 Å². The van der Waals surface area contributed by atoms with E-state index in [0.717, 1.165) is 35.3 Å². The molecular formula is C27H34O5. The van der Waals surface area contributed by atoms with Crippen LogP contribution in [0.5, 0.6) is 5.75 Å². The maximum atomic E-state index is 11.8. The van der Waals surface area contributed by atoms with Crippen LogP contribution >= 0.6 is 0 Å². The molecule has 0 bridgehead atoms. The molecule has 0 amide bonds. The van der Waals surface area contributed by atoms with E-state index in [1.165, 1.54) is 11.6 Å². The molecule has 2 aromatic rings. The van der Waals surface area contributed by atoms with Crippen LogP contribution < -0.4 is 4.74 Å². The molecule has 5 nitrogen and oxygen atoms in total. The number of rotatable bonds is 8. The summed E-state index contributed by atoms with van der Waals surface area (Å²) in [5, 5.41) is 0. The van der Waals surface area contributed by atoms with Crippen LogP contribution in [0.1, 0.15) is 62.8 Å². The van der Waals surface area contributed by atoms with E-state index in [4.69, 9.17) is 18.9 Å². The van der Waals surface area contributed by atoms with Crippen molar-refractivity contribution in [2.45, 2.75) is 51.7 Å². The fourth-order valence-corrected chi connectivity index (χ4v) is 3.66. The zero-order chi connectivity index (χ0) is 23.2. The first-order valence-corrected chi connectivity index (χ1v) is 11.2. The molecule has 3 rings (SSSR count). The van der Waals surface area contributed by atoms with E-state index in [2.05, 4.69) is 39.8 Å². The summed E-state index contributed by atoms with van der Waals surface area (Å²) in [5.74, 6) is -0.641. The Kier molecular flexibility index (Phi) is 7.75. The number of hydrogen-bond donors (Lipinski definition) is 0. The molecule has 1 heterocycles. The minimum atomic E-state index is -1.03. The Bertz CT molecular complexity index is 932. The van der Waals surface area contributed by atoms with E-state index < -0.39 is 5.79 Å². The van der Waals surface area contributed by atoms with Gasteiger partial charge in [0, 0.05) is 11.6 Å². The third kappa shape index (κ3) is 5.40. The van der Waals surface area contributed by atoms with Gasteiger partial charge in [0.1, 0.15) is 5.75 Å². The van der Waals surface area contributed by atoms with Crippen LogP contribution in [-0.4, -0.2) is 32.9 Å². The van der Waals surface area contributed by atoms with Gasteiger partial charge in [0.2, 0.25) is 5.79 Å². The van der Waals surface area contributed by atoms with E-state index in [0.29, 0.717) is 19.8 Å². The number of carbonyl (C=O) groups is 1. The fourth-order valence-electron chi connectivity index (χ4n) is 3.66. The Balaban J connectivity index is 1.90. The molecule has 0 aromatic heterocycles. The van der Waals surface area contributed by atoms with Crippen molar-refractivity contribution in [1.29, 1.82) is 0 Å². The number of methoxy groups -OCH3 is 1. The predicted octanol–water partition coefficient (Wildman–Crippen LogP) is 5.60. The molecule has 0 spiro atoms. The monoisotopic (exact) mass is 438 g/mol. The number of hydrogen-bond acceptors (Lipinski definition) is 5. The quantitative estimate of drug-likeness (QED) is 0.305. The lowest BCUT2D eigenvalue weighted by atomic mass is 9.84. The molecular weight excluding hydrogens is 404 g/mol. The van der Waals surface area contributed by atoms with Gasteiger partial charge in [-0.05, 0) is 41.2 Å². The molecule has 0 N–H and O–H groups in total. The highest BCUT2D eigenvalue weighted by molar-refractivity contribution is 5.87. The lowest BCUT2D eigenvalue weighted by molar-refractivity contribution is -0.137. The molecule has 1 aliphatic rings. The summed E-state index contributed by atoms with van der Waals surface area (Å²) in [4.78, 5) is 11.8. The summed E-state index contributed by atoms with van der Waals surface area (Å²) in [5.41, 5.74) is 3.77. The van der Waals surface area contributed by atoms with Crippen LogP contribution in [0.25, 0.3) is 6.08 Å². The van der Waals surface area contributed by atoms with Crippen molar-refractivity contribution >= 4 is 12.0 Å². The van der Waals surface area contributed by atoms with Gasteiger partial charge in [-0.25, -0.2) is 4.79 Å². The Morgan fingerprint density at radius 3 is 2.38 bits per heavy atom. The highest BCUT2D eigenvalue weighted by Crippen LogP contribution is 2.44. The van der Waals surface area contributed by atoms with Crippen LogP contribution in [-0.2, 0) is 30.2 Å². The molecule has 0 saturated carbocycles. The van der Waals surface area contributed by atoms with Crippen molar-refractivity contribution < 1.29 is 23.7 Å². The first kappa shape index (κ1) is 24.0. The highest BCUT2D eigenvalue weighted by atomic mass is 16.7. The molecule has 1 aliphatic heterocycles. The molecule has 172 valence electrons. The Hall–Kier alpha value is -2.63. The van der Waals surface area contributed by atoms with Gasteiger partial charge in [0.05, 0.1) is 32.5 Å². The Labute approximate surface area is 191 Å². The normalized spacial score (nSPS) is 15.8. The molecule has 0 atom stereocenters. The first-order chi connectivity index (χ1) is 15.3. The summed E-state index contributed by atoms with van der Waals surface area (Å²) < 4.78 is 23.3. The fraction of sp³-hybridized carbons (Fsp3) is 0.444. The van der Waals surface area contributed by atoms with Crippen molar-refractivity contribution in [3.63, 3.8) is 0 Å². The van der Waals surface area contributed by atoms with E-state index in [1.54, 1.807) is 13.2 Å². The maximum Gasteiger partial charge on any atom is 0.330 e. The minimum Gasteiger partial charge on any atom is -0.496 e. The average Bonchev–Trinajstić information content (AvgIpc) is 3.28. The maximum absolute atomic E-state index is 11.8. The van der Waals surface area contributed by atoms with E-state index >= 15 is 0 Å². The third-order valence-corrected chi connectivity index (χ3v) is 5.56. The molecule has 32 heavy (non-hydrogen) atoms. The number of unbranched alkanes of at least 4 members (excludes halogenated alkanes) is 1. The van der Waals surface area contributed by atoms with E-state index in [9.17, 15) is 4.79 Å². The Morgan fingerprint density at radius 2 is 1.78 bits per heavy atom. The second kappa shape index (κ2) is 10.3. The molecule has 5 heteroatoms. The van der Waals surface area contributed by atoms with Crippen LogP contribution in [0.3, 0.4) is 0 Å². The molecule has 1 saturated heterocycles. The molecule has 2 aromatic carbocycles. The third-order valence-electron chi connectivity index (χ3n) is 5.56. The summed E-state index contributed by atoms with van der Waals surface area (Å²) in [6.45, 7) is 10.0. The first-order valence-electron chi connectivity index (χ1n) is 11.2. The van der Waals surface area contributed by atoms with Gasteiger partial charge in [-0.1, -0.05) is 64.4 Å². The van der Waals surface area contributed by atoms with Crippen LogP contribution in [0, 0.1) is 0 Å². The average molecular weight is 439 g/mol. The van der Waals surface area contributed by atoms with Gasteiger partial charge < -0.3 is 18.9 Å². The number of ether oxygens (including phenoxy) is 4. The van der Waals surface area contributed by atoms with Crippen molar-refractivity contribution in [2.24, 2.45) is 0 Å². The summed E-state index contributed by atoms with van der Waals surface area (Å²) in [7, 11) is 1.66. The molecule has 0 aliphatic carbocycles. The Morgan fingerprint density at radius 1 is 1.09 bits per heavy atom. The van der Waals surface area contributed by atoms with Crippen molar-refractivity contribution in [3.05, 3.63) is 70.8 Å². The SMILES string of the molecule is CCCCOC(=O)/C=C/c1ccc(C2(c3cc(C(C)(C)C)ccc3OC)OCCO2)cc1. The second-order valence-corrected chi connectivity index (χ2v) is 8.95. The summed E-state index contributed by atoms with van der Waals surface area (Å²) in [6, 6.07) is 14.0. The minimum absolute atomic E-state index is 0.0266. The van der Waals surface area contributed by atoms with E-state index in [1.807, 2.05) is 30.3 Å². The predicted molar refractivity (Wildman–Crippen MR) is 126 cm³/mol. The van der Waals surface area contributed by atoms with Gasteiger partial charge in [-0.3, -0.25) is 0 Å². The zero-order valence-corrected chi connectivity index (χ0v) is 19.8. The van der Waals surface area contributed by atoms with Crippen LogP contribution in [0.15, 0.2) is 48.5 Å². The van der Waals surface area contributed by atoms with Gasteiger partial charge >= 0.3 is 5.97 Å². The van der Waals surface area contributed by atoms with Gasteiger partial charge in [0.15, 0.2) is 0 Å². The van der Waals surface area contributed by atoms with Crippen molar-refractivity contribution in [2.75, 3.05) is 26.9 Å². The van der Waals surface area contributed by atoms with Gasteiger partial charge in [-0.2, -0.15) is 0 Å². The molecule has 0 unspecified atom stereocenters. The van der Waals surface area contributed by atoms with Gasteiger partial charge in [0.25, 0.3) is 0 Å². The topological polar surface area (TPSA) is 54.0 Å². The highest BCUT2D eigenvalue weighted by Gasteiger charge is 2.43. The standard InChI is InChI=1S/C27H34O5/c1-6-7-16-30-25(28)15-10-20-8-11-21(12-9-20)27(31-17-18-32-27)23-19-22(26(2,3)4)13-14-24(23)29-5/h8-15,19H,6-7,16-18H2,1-5H3/b15-10+. The number of benzene rings is 2. The molecule has 1 fully saturated rings. The summed E-state index contributed by atoms with van der Waals surface area (Å²) in [6.07, 6.45) is 5.07. The lowest BCUT2D eigenvalue weighted by Crippen LogP contribution is -2.30.